The van der Waals surface area contributed by atoms with Crippen LogP contribution in [0, 0.1) is 0 Å². The summed E-state index contributed by atoms with van der Waals surface area (Å²) in [5.41, 5.74) is 9.78. The average Bonchev–Trinajstić information content (AvgIpc) is 3.28. The lowest BCUT2D eigenvalue weighted by Gasteiger charge is -2.18. The molecule has 1 aliphatic heterocycles. The number of aromatic nitrogens is 1. The van der Waals surface area contributed by atoms with Crippen molar-refractivity contribution in [2.24, 2.45) is 0 Å². The van der Waals surface area contributed by atoms with Crippen LogP contribution in [0.4, 0.5) is 0 Å². The molecule has 1 aliphatic rings. The molecule has 3 aromatic rings. The summed E-state index contributed by atoms with van der Waals surface area (Å²) in [6, 6.07) is 9.29. The van der Waals surface area contributed by atoms with Crippen molar-refractivity contribution in [2.75, 3.05) is 6.54 Å². The van der Waals surface area contributed by atoms with Gasteiger partial charge in [-0.1, -0.05) is 0 Å². The highest BCUT2D eigenvalue weighted by Gasteiger charge is 2.35. The number of carbonyl (C=O) groups is 1. The maximum Gasteiger partial charge on any atom is 0.250 e. The first kappa shape index (κ1) is 20.7. The molecule has 0 saturated carbocycles. The van der Waals surface area contributed by atoms with Gasteiger partial charge in [-0.2, -0.15) is 4.72 Å². The molecule has 11 heteroatoms. The molecule has 1 saturated heterocycles. The van der Waals surface area contributed by atoms with E-state index in [2.05, 4.69) is 21.2 Å². The number of nitrogens with one attached hydrogen (secondary N) is 1. The molecule has 8 N–H and O–H groups in total. The number of hydrogen-bond donors (Lipinski definition) is 4. The van der Waals surface area contributed by atoms with Crippen molar-refractivity contribution in [1.29, 1.82) is 0 Å². The standard InChI is InChI=1S/C19H21N5O4S2/c20-18(21)11-3-4-15(25)12(8-11)10-24-7-5-13(19(24)26)23-30(27,28)17-9-14-16(29-17)2-1-6-22-14/h1-4,6,8-9,13,18,23,25H,5,7,10,20-21H2/p+2. The zero-order valence-corrected chi connectivity index (χ0v) is 17.7. The zero-order valence-electron chi connectivity index (χ0n) is 16.1. The van der Waals surface area contributed by atoms with Crippen molar-refractivity contribution in [3.05, 3.63) is 53.7 Å². The van der Waals surface area contributed by atoms with Crippen LogP contribution < -0.4 is 16.2 Å². The van der Waals surface area contributed by atoms with E-state index >= 15 is 0 Å². The van der Waals surface area contributed by atoms with Gasteiger partial charge in [-0.3, -0.25) is 9.78 Å². The van der Waals surface area contributed by atoms with Crippen molar-refractivity contribution in [3.8, 4) is 5.75 Å². The number of rotatable bonds is 6. The summed E-state index contributed by atoms with van der Waals surface area (Å²) in [6.45, 7) is 0.581. The highest BCUT2D eigenvalue weighted by molar-refractivity contribution is 7.91. The fourth-order valence-corrected chi connectivity index (χ4v) is 6.00. The Hall–Kier alpha value is -2.57. The molecule has 0 spiro atoms. The van der Waals surface area contributed by atoms with Gasteiger partial charge in [-0.25, -0.2) is 8.42 Å². The molecule has 30 heavy (non-hydrogen) atoms. The van der Waals surface area contributed by atoms with E-state index in [1.165, 1.54) is 6.07 Å². The van der Waals surface area contributed by atoms with Gasteiger partial charge in [-0.05, 0) is 42.8 Å². The minimum atomic E-state index is -3.85. The minimum absolute atomic E-state index is 0.0778. The van der Waals surface area contributed by atoms with E-state index < -0.39 is 16.1 Å². The molecule has 1 aromatic carbocycles. The molecule has 0 aliphatic carbocycles. The molecule has 1 unspecified atom stereocenters. The van der Waals surface area contributed by atoms with Gasteiger partial charge in [0.2, 0.25) is 12.1 Å². The molecular formula is C19H23N5O4S2+2. The highest BCUT2D eigenvalue weighted by Crippen LogP contribution is 2.29. The number of benzene rings is 1. The molecule has 3 heterocycles. The smallest absolute Gasteiger partial charge is 0.250 e. The monoisotopic (exact) mass is 449 g/mol. The summed E-state index contributed by atoms with van der Waals surface area (Å²) in [4.78, 5) is 18.5. The Morgan fingerprint density at radius 2 is 2.10 bits per heavy atom. The molecule has 0 bridgehead atoms. The number of aromatic hydroxyl groups is 1. The first-order valence-corrected chi connectivity index (χ1v) is 11.7. The Kier molecular flexibility index (Phi) is 5.47. The topological polar surface area (TPSA) is 155 Å². The third-order valence-corrected chi connectivity index (χ3v) is 8.10. The Balaban J connectivity index is 1.49. The number of quaternary nitrogens is 2. The van der Waals surface area contributed by atoms with Gasteiger partial charge in [-0.15, -0.1) is 11.3 Å². The van der Waals surface area contributed by atoms with Crippen LogP contribution in [0.25, 0.3) is 10.2 Å². The van der Waals surface area contributed by atoms with Crippen LogP contribution in [0.15, 0.2) is 46.8 Å². The van der Waals surface area contributed by atoms with Gasteiger partial charge in [0, 0.05) is 24.8 Å². The van der Waals surface area contributed by atoms with Crippen molar-refractivity contribution in [1.82, 2.24) is 14.6 Å². The number of fused-ring (bicyclic) bond motifs is 1. The van der Waals surface area contributed by atoms with E-state index in [0.717, 1.165) is 21.6 Å². The van der Waals surface area contributed by atoms with Crippen LogP contribution in [0.5, 0.6) is 5.75 Å². The lowest BCUT2D eigenvalue weighted by molar-refractivity contribution is -0.668. The minimum Gasteiger partial charge on any atom is -0.508 e. The SMILES string of the molecule is [NH3+]C([NH3+])c1ccc(O)c(CN2CCC(NS(=O)(=O)c3cc4ncccc4s3)C2=O)c1. The van der Waals surface area contributed by atoms with Gasteiger partial charge >= 0.3 is 0 Å². The fraction of sp³-hybridized carbons (Fsp3) is 0.263. The van der Waals surface area contributed by atoms with E-state index in [0.29, 0.717) is 24.0 Å². The number of phenols is 1. The number of nitrogens with zero attached hydrogens (tertiary/aromatic N) is 2. The second kappa shape index (κ2) is 7.93. The Bertz CT molecular complexity index is 1180. The van der Waals surface area contributed by atoms with E-state index in [1.807, 2.05) is 0 Å². The molecule has 4 rings (SSSR count). The third-order valence-electron chi connectivity index (χ3n) is 5.06. The van der Waals surface area contributed by atoms with Gasteiger partial charge in [0.05, 0.1) is 15.8 Å². The van der Waals surface area contributed by atoms with Crippen LogP contribution in [0.3, 0.4) is 0 Å². The highest BCUT2D eigenvalue weighted by atomic mass is 32.2. The summed E-state index contributed by atoms with van der Waals surface area (Å²) < 4.78 is 29.0. The maximum atomic E-state index is 12.8. The first-order valence-electron chi connectivity index (χ1n) is 9.38. The molecule has 2 aromatic heterocycles. The summed E-state index contributed by atoms with van der Waals surface area (Å²) in [6.07, 6.45) is 1.76. The van der Waals surface area contributed by atoms with Gasteiger partial charge in [0.15, 0.2) is 0 Å². The fourth-order valence-electron chi connectivity index (χ4n) is 3.42. The number of thiophene rings is 1. The number of amides is 1. The molecule has 9 nitrogen and oxygen atoms in total. The zero-order chi connectivity index (χ0) is 21.5. The predicted octanol–water partition coefficient (Wildman–Crippen LogP) is -0.436. The van der Waals surface area contributed by atoms with E-state index in [9.17, 15) is 18.3 Å². The van der Waals surface area contributed by atoms with E-state index in [4.69, 9.17) is 0 Å². The van der Waals surface area contributed by atoms with Crippen LogP contribution in [-0.4, -0.2) is 41.9 Å². The second-order valence-corrected chi connectivity index (χ2v) is 10.3. The van der Waals surface area contributed by atoms with Crippen molar-refractivity contribution < 1.29 is 29.8 Å². The van der Waals surface area contributed by atoms with Crippen LogP contribution in [0.1, 0.15) is 23.7 Å². The maximum absolute atomic E-state index is 12.8. The second-order valence-electron chi connectivity index (χ2n) is 7.26. The van der Waals surface area contributed by atoms with Crippen molar-refractivity contribution >= 4 is 37.5 Å². The van der Waals surface area contributed by atoms with E-state index in [1.54, 1.807) is 41.4 Å². The summed E-state index contributed by atoms with van der Waals surface area (Å²) >= 11 is 1.12. The largest absolute Gasteiger partial charge is 0.508 e. The van der Waals surface area contributed by atoms with Crippen LogP contribution in [-0.2, 0) is 21.4 Å². The average molecular weight is 450 g/mol. The number of sulfonamides is 1. The van der Waals surface area contributed by atoms with Crippen LogP contribution >= 0.6 is 11.3 Å². The Morgan fingerprint density at radius 1 is 1.30 bits per heavy atom. The van der Waals surface area contributed by atoms with Crippen molar-refractivity contribution in [2.45, 2.75) is 29.4 Å². The van der Waals surface area contributed by atoms with E-state index in [-0.39, 0.29) is 28.6 Å². The van der Waals surface area contributed by atoms with Gasteiger partial charge < -0.3 is 21.5 Å². The summed E-state index contributed by atoms with van der Waals surface area (Å²) in [7, 11) is -3.85. The first-order chi connectivity index (χ1) is 14.2. The Labute approximate surface area is 177 Å². The van der Waals surface area contributed by atoms with Crippen LogP contribution in [0.2, 0.25) is 0 Å². The summed E-state index contributed by atoms with van der Waals surface area (Å²) in [5.74, 6) is -0.239. The molecule has 1 atom stereocenters. The van der Waals surface area contributed by atoms with Gasteiger partial charge in [0.1, 0.15) is 16.0 Å². The summed E-state index contributed by atoms with van der Waals surface area (Å²) in [5, 5.41) is 10.1. The molecular weight excluding hydrogens is 426 g/mol. The quantitative estimate of drug-likeness (QED) is 0.376. The number of carbonyl (C=O) groups excluding carboxylic acids is 1. The lowest BCUT2D eigenvalue weighted by Crippen LogP contribution is -2.76. The molecule has 158 valence electrons. The number of hydrogen-bond acceptors (Lipinski definition) is 6. The molecule has 0 radical (unpaired) electrons. The normalized spacial score (nSPS) is 17.4. The number of pyridine rings is 1. The molecule has 1 fully saturated rings. The predicted molar refractivity (Wildman–Crippen MR) is 110 cm³/mol. The molecule has 1 amide bonds. The lowest BCUT2D eigenvalue weighted by atomic mass is 10.1. The van der Waals surface area contributed by atoms with Crippen molar-refractivity contribution in [3.63, 3.8) is 0 Å². The van der Waals surface area contributed by atoms with Gasteiger partial charge in [0.25, 0.3) is 10.0 Å². The number of phenolic OH excluding ortho intramolecular Hbond substituents is 1. The third kappa shape index (κ3) is 4.02. The number of likely N-dealkylation sites (tertiary alicyclic amines) is 1. The Morgan fingerprint density at radius 3 is 2.83 bits per heavy atom.